The maximum Gasteiger partial charge on any atom is 0.262 e. The molecule has 1 heterocycles. The highest BCUT2D eigenvalue weighted by molar-refractivity contribution is 6.31. The summed E-state index contributed by atoms with van der Waals surface area (Å²) in [6.45, 7) is 1.30. The van der Waals surface area contributed by atoms with Crippen LogP contribution in [-0.4, -0.2) is 15.3 Å². The number of hydrogen-bond donors (Lipinski definition) is 0. The number of hydrogen-bond acceptors (Lipinski definition) is 3. The summed E-state index contributed by atoms with van der Waals surface area (Å²) in [6.07, 6.45) is 0. The average molecular weight is 271 g/mol. The first-order chi connectivity index (χ1) is 7.99. The normalized spacial score (nSPS) is 10.8. The number of rotatable bonds is 2. The Bertz CT molecular complexity index is 664. The van der Waals surface area contributed by atoms with Crippen LogP contribution in [-0.2, 0) is 11.3 Å². The molecule has 2 aromatic rings. The largest absolute Gasteiger partial charge is 0.298 e. The molecule has 0 N–H and O–H groups in total. The van der Waals surface area contributed by atoms with Gasteiger partial charge in [-0.15, -0.1) is 0 Å². The topological polar surface area (TPSA) is 52.0 Å². The summed E-state index contributed by atoms with van der Waals surface area (Å²) >= 11 is 11.7. The number of fused-ring (bicyclic) bond motifs is 1. The summed E-state index contributed by atoms with van der Waals surface area (Å²) in [5, 5.41) is 0.852. The van der Waals surface area contributed by atoms with Gasteiger partial charge in [0.15, 0.2) is 0 Å². The molecule has 0 spiro atoms. The van der Waals surface area contributed by atoms with Gasteiger partial charge in [-0.1, -0.05) is 11.6 Å². The second-order valence-corrected chi connectivity index (χ2v) is 4.41. The molecule has 0 unspecified atom stereocenters. The van der Waals surface area contributed by atoms with Gasteiger partial charge >= 0.3 is 0 Å². The molecule has 6 heteroatoms. The first-order valence-electron chi connectivity index (χ1n) is 4.84. The third-order valence-corrected chi connectivity index (χ3v) is 2.78. The Labute approximate surface area is 107 Å². The second kappa shape index (κ2) is 4.47. The lowest BCUT2D eigenvalue weighted by Gasteiger charge is -2.07. The van der Waals surface area contributed by atoms with Crippen LogP contribution in [0.4, 0.5) is 0 Å². The van der Waals surface area contributed by atoms with E-state index >= 15 is 0 Å². The highest BCUT2D eigenvalue weighted by atomic mass is 35.5. The predicted molar refractivity (Wildman–Crippen MR) is 66.7 cm³/mol. The van der Waals surface area contributed by atoms with E-state index in [-0.39, 0.29) is 23.2 Å². The fraction of sp³-hybridized carbons (Fsp3) is 0.182. The van der Waals surface area contributed by atoms with Crippen molar-refractivity contribution in [2.75, 3.05) is 0 Å². The lowest BCUT2D eigenvalue weighted by Crippen LogP contribution is -2.25. The summed E-state index contributed by atoms with van der Waals surface area (Å²) < 4.78 is 1.14. The minimum absolute atomic E-state index is 0.0139. The van der Waals surface area contributed by atoms with Gasteiger partial charge in [-0.3, -0.25) is 14.2 Å². The molecular weight excluding hydrogens is 263 g/mol. The van der Waals surface area contributed by atoms with Crippen LogP contribution in [0.25, 0.3) is 10.9 Å². The molecule has 4 nitrogen and oxygen atoms in total. The molecule has 0 aliphatic carbocycles. The summed E-state index contributed by atoms with van der Waals surface area (Å²) in [6, 6.07) is 4.72. The molecule has 0 saturated heterocycles. The van der Waals surface area contributed by atoms with Gasteiger partial charge in [0, 0.05) is 5.02 Å². The van der Waals surface area contributed by atoms with Gasteiger partial charge in [0.05, 0.1) is 17.4 Å². The maximum atomic E-state index is 12.0. The van der Waals surface area contributed by atoms with Gasteiger partial charge in [0.25, 0.3) is 5.56 Å². The Morgan fingerprint density at radius 2 is 2.12 bits per heavy atom. The highest BCUT2D eigenvalue weighted by Gasteiger charge is 2.10. The van der Waals surface area contributed by atoms with E-state index in [9.17, 15) is 9.59 Å². The van der Waals surface area contributed by atoms with Crippen LogP contribution in [0.5, 0.6) is 0 Å². The van der Waals surface area contributed by atoms with Crippen molar-refractivity contribution in [1.82, 2.24) is 9.55 Å². The van der Waals surface area contributed by atoms with Crippen molar-refractivity contribution < 1.29 is 4.79 Å². The molecule has 88 valence electrons. The fourth-order valence-electron chi connectivity index (χ4n) is 1.53. The van der Waals surface area contributed by atoms with Crippen LogP contribution >= 0.6 is 23.2 Å². The molecular formula is C11H8Cl2N2O2. The van der Waals surface area contributed by atoms with Crippen LogP contribution < -0.4 is 5.56 Å². The molecule has 0 amide bonds. The Hall–Kier alpha value is -1.39. The number of ketones is 1. The molecule has 17 heavy (non-hydrogen) atoms. The van der Waals surface area contributed by atoms with Gasteiger partial charge in [0.1, 0.15) is 5.78 Å². The first kappa shape index (κ1) is 12.1. The second-order valence-electron chi connectivity index (χ2n) is 3.64. The van der Waals surface area contributed by atoms with Gasteiger partial charge in [-0.05, 0) is 36.7 Å². The van der Waals surface area contributed by atoms with E-state index in [1.807, 2.05) is 0 Å². The number of benzene rings is 1. The Kier molecular flexibility index (Phi) is 3.17. The lowest BCUT2D eigenvalue weighted by molar-refractivity contribution is -0.117. The van der Waals surface area contributed by atoms with E-state index in [0.717, 1.165) is 4.57 Å². The van der Waals surface area contributed by atoms with E-state index in [4.69, 9.17) is 23.2 Å². The van der Waals surface area contributed by atoms with Crippen molar-refractivity contribution in [3.8, 4) is 0 Å². The standard InChI is InChI=1S/C11H8Cl2N2O2/c1-6(16)5-15-10(17)8-3-2-7(12)4-9(8)14-11(15)13/h2-4H,5H2,1H3. The average Bonchev–Trinajstić information content (AvgIpc) is 2.23. The van der Waals surface area contributed by atoms with Gasteiger partial charge in [0.2, 0.25) is 5.28 Å². The smallest absolute Gasteiger partial charge is 0.262 e. The molecule has 2 rings (SSSR count). The minimum Gasteiger partial charge on any atom is -0.298 e. The SMILES string of the molecule is CC(=O)Cn1c(Cl)nc2cc(Cl)ccc2c1=O. The first-order valence-corrected chi connectivity index (χ1v) is 5.59. The van der Waals surface area contributed by atoms with Gasteiger partial charge in [-0.25, -0.2) is 4.98 Å². The van der Waals surface area contributed by atoms with Gasteiger partial charge < -0.3 is 0 Å². The van der Waals surface area contributed by atoms with Crippen molar-refractivity contribution in [1.29, 1.82) is 0 Å². The zero-order valence-corrected chi connectivity index (χ0v) is 10.4. The van der Waals surface area contributed by atoms with Crippen molar-refractivity contribution in [2.24, 2.45) is 0 Å². The van der Waals surface area contributed by atoms with Crippen LogP contribution in [0.15, 0.2) is 23.0 Å². The molecule has 0 bridgehead atoms. The number of halogens is 2. The maximum absolute atomic E-state index is 12.0. The van der Waals surface area contributed by atoms with Crippen LogP contribution in [0.1, 0.15) is 6.92 Å². The third-order valence-electron chi connectivity index (χ3n) is 2.25. The molecule has 0 saturated carbocycles. The molecule has 0 atom stereocenters. The quantitative estimate of drug-likeness (QED) is 0.787. The Morgan fingerprint density at radius 3 is 2.76 bits per heavy atom. The molecule has 0 radical (unpaired) electrons. The summed E-state index contributed by atoms with van der Waals surface area (Å²) in [5.41, 5.74) is 0.0826. The van der Waals surface area contributed by atoms with Crippen molar-refractivity contribution in [3.05, 3.63) is 38.9 Å². The Balaban J connectivity index is 2.76. The summed E-state index contributed by atoms with van der Waals surface area (Å²) in [7, 11) is 0. The van der Waals surface area contributed by atoms with E-state index in [1.165, 1.54) is 6.92 Å². The zero-order valence-electron chi connectivity index (χ0n) is 8.91. The number of carbonyl (C=O) groups is 1. The fourth-order valence-corrected chi connectivity index (χ4v) is 1.92. The molecule has 0 aliphatic rings. The van der Waals surface area contributed by atoms with Crippen LogP contribution in [0, 0.1) is 0 Å². The number of aromatic nitrogens is 2. The van der Waals surface area contributed by atoms with E-state index < -0.39 is 0 Å². The number of Topliss-reactive ketones (excluding diaryl/α,β-unsaturated/α-hetero) is 1. The monoisotopic (exact) mass is 270 g/mol. The van der Waals surface area contributed by atoms with Gasteiger partial charge in [-0.2, -0.15) is 0 Å². The number of nitrogens with zero attached hydrogens (tertiary/aromatic N) is 2. The molecule has 0 aliphatic heterocycles. The highest BCUT2D eigenvalue weighted by Crippen LogP contribution is 2.16. The molecule has 0 fully saturated rings. The number of carbonyl (C=O) groups excluding carboxylic acids is 1. The predicted octanol–water partition coefficient (Wildman–Crippen LogP) is 2.29. The van der Waals surface area contributed by atoms with Crippen LogP contribution in [0.2, 0.25) is 10.3 Å². The molecule has 1 aromatic carbocycles. The summed E-state index contributed by atoms with van der Waals surface area (Å²) in [5.74, 6) is -0.163. The van der Waals surface area contributed by atoms with E-state index in [0.29, 0.717) is 15.9 Å². The van der Waals surface area contributed by atoms with Crippen LogP contribution in [0.3, 0.4) is 0 Å². The van der Waals surface area contributed by atoms with Crippen molar-refractivity contribution in [2.45, 2.75) is 13.5 Å². The minimum atomic E-state index is -0.341. The molecule has 1 aromatic heterocycles. The van der Waals surface area contributed by atoms with Crippen molar-refractivity contribution in [3.63, 3.8) is 0 Å². The zero-order chi connectivity index (χ0) is 12.6. The van der Waals surface area contributed by atoms with E-state index in [2.05, 4.69) is 4.98 Å². The van der Waals surface area contributed by atoms with E-state index in [1.54, 1.807) is 18.2 Å². The summed E-state index contributed by atoms with van der Waals surface area (Å²) in [4.78, 5) is 27.1. The third kappa shape index (κ3) is 2.33. The Morgan fingerprint density at radius 1 is 1.41 bits per heavy atom. The lowest BCUT2D eigenvalue weighted by atomic mass is 10.2. The van der Waals surface area contributed by atoms with Crippen molar-refractivity contribution >= 4 is 39.9 Å².